The minimum atomic E-state index is -4.50. The molecule has 1 N–H and O–H groups in total. The number of halogens is 4. The van der Waals surface area contributed by atoms with Gasteiger partial charge in [0.25, 0.3) is 0 Å². The molecule has 1 aliphatic heterocycles. The van der Waals surface area contributed by atoms with E-state index in [9.17, 15) is 18.0 Å². The van der Waals surface area contributed by atoms with Gasteiger partial charge in [-0.05, 0) is 17.7 Å². The van der Waals surface area contributed by atoms with E-state index in [2.05, 4.69) is 5.32 Å². The number of fused-ring (bicyclic) bond motifs is 1. The molecule has 2 nitrogen and oxygen atoms in total. The van der Waals surface area contributed by atoms with Gasteiger partial charge in [-0.25, -0.2) is 0 Å². The summed E-state index contributed by atoms with van der Waals surface area (Å²) in [6.45, 7) is 0. The topological polar surface area (TPSA) is 29.1 Å². The fourth-order valence-electron chi connectivity index (χ4n) is 1.60. The number of hydrogen-bond acceptors (Lipinski definition) is 2. The molecule has 1 atom stereocenters. The number of carbonyl (C=O) groups excluding carboxylic acids is 1. The minimum Gasteiger partial charge on any atom is -0.357 e. The monoisotopic (exact) mass is 261 g/mol. The molecular weight excluding hydrogens is 255 g/mol. The maximum absolute atomic E-state index is 12.7. The molecule has 6 heteroatoms. The molecule has 1 unspecified atom stereocenters. The second-order valence-electron chi connectivity index (χ2n) is 3.61. The predicted molar refractivity (Wildman–Crippen MR) is 58.7 cm³/mol. The number of carbonyl (C=O) groups is 1. The molecular formula is C11H7ClF3NO. The van der Waals surface area contributed by atoms with E-state index >= 15 is 0 Å². The lowest BCUT2D eigenvalue weighted by atomic mass is 10.0. The number of benzene rings is 1. The molecule has 90 valence electrons. The Labute approximate surface area is 100 Å². The van der Waals surface area contributed by atoms with Crippen LogP contribution in [0.3, 0.4) is 0 Å². The number of hydrogen-bond donors (Lipinski definition) is 1. The van der Waals surface area contributed by atoms with E-state index in [1.165, 1.54) is 24.3 Å². The molecule has 0 bridgehead atoms. The van der Waals surface area contributed by atoms with Crippen LogP contribution in [-0.2, 0) is 11.0 Å². The van der Waals surface area contributed by atoms with E-state index in [-0.39, 0.29) is 5.69 Å². The first-order chi connectivity index (χ1) is 7.86. The third-order valence-electron chi connectivity index (χ3n) is 2.40. The van der Waals surface area contributed by atoms with Crippen molar-refractivity contribution in [1.82, 2.24) is 0 Å². The Balaban J connectivity index is 2.57. The Bertz CT molecular complexity index is 498. The molecule has 17 heavy (non-hydrogen) atoms. The quantitative estimate of drug-likeness (QED) is 0.477. The van der Waals surface area contributed by atoms with Crippen LogP contribution < -0.4 is 5.32 Å². The third-order valence-corrected chi connectivity index (χ3v) is 2.71. The van der Waals surface area contributed by atoms with Gasteiger partial charge in [0.2, 0.25) is 0 Å². The highest BCUT2D eigenvalue weighted by molar-refractivity contribution is 6.35. The van der Waals surface area contributed by atoms with Gasteiger partial charge in [0, 0.05) is 0 Å². The van der Waals surface area contributed by atoms with Gasteiger partial charge in [-0.1, -0.05) is 29.8 Å². The summed E-state index contributed by atoms with van der Waals surface area (Å²) in [6.07, 6.45) is -1.45. The van der Waals surface area contributed by atoms with Gasteiger partial charge < -0.3 is 5.32 Å². The molecule has 2 rings (SSSR count). The van der Waals surface area contributed by atoms with Crippen molar-refractivity contribution in [2.45, 2.75) is 11.2 Å². The summed E-state index contributed by atoms with van der Waals surface area (Å²) in [5.41, 5.74) is -0.672. The predicted octanol–water partition coefficient (Wildman–Crippen LogP) is 3.28. The van der Waals surface area contributed by atoms with Crippen molar-refractivity contribution in [3.8, 4) is 0 Å². The summed E-state index contributed by atoms with van der Waals surface area (Å²) in [5.74, 6) is 0. The molecule has 0 aromatic heterocycles. The Morgan fingerprint density at radius 2 is 2.06 bits per heavy atom. The lowest BCUT2D eigenvalue weighted by molar-refractivity contribution is -0.137. The van der Waals surface area contributed by atoms with Gasteiger partial charge in [0.1, 0.15) is 0 Å². The van der Waals surface area contributed by atoms with Gasteiger partial charge in [-0.3, -0.25) is 4.79 Å². The summed E-state index contributed by atoms with van der Waals surface area (Å²) in [5, 5.41) is 2.39. The second-order valence-corrected chi connectivity index (χ2v) is 4.24. The number of anilines is 1. The van der Waals surface area contributed by atoms with Crippen molar-refractivity contribution in [3.63, 3.8) is 0 Å². The third kappa shape index (κ3) is 2.15. The average molecular weight is 262 g/mol. The smallest absolute Gasteiger partial charge is 0.357 e. The fraction of sp³-hybridized carbons (Fsp3) is 0.182. The zero-order valence-electron chi connectivity index (χ0n) is 8.38. The highest BCUT2D eigenvalue weighted by Gasteiger charge is 2.37. The fourth-order valence-corrected chi connectivity index (χ4v) is 1.76. The van der Waals surface area contributed by atoms with Crippen molar-refractivity contribution in [1.29, 1.82) is 0 Å². The van der Waals surface area contributed by atoms with Crippen LogP contribution in [0.25, 0.3) is 6.08 Å². The van der Waals surface area contributed by atoms with Crippen LogP contribution in [0.4, 0.5) is 18.9 Å². The van der Waals surface area contributed by atoms with Crippen LogP contribution >= 0.6 is 11.6 Å². The Kier molecular flexibility index (Phi) is 2.66. The lowest BCUT2D eigenvalue weighted by Crippen LogP contribution is -2.34. The Hall–Kier alpha value is -1.49. The SMILES string of the molecule is O=CC1(Cl)C=Cc2cccc(C(F)(F)F)c2N1. The molecule has 1 aliphatic rings. The second kappa shape index (κ2) is 3.77. The average Bonchev–Trinajstić information content (AvgIpc) is 2.27. The standard InChI is InChI=1S/C11H7ClF3NO/c12-10(6-17)5-4-7-2-1-3-8(9(7)16-10)11(13,14)15/h1-6,16H. The van der Waals surface area contributed by atoms with E-state index in [0.717, 1.165) is 6.07 Å². The van der Waals surface area contributed by atoms with Crippen molar-refractivity contribution >= 4 is 29.7 Å². The molecule has 0 fully saturated rings. The number of aldehydes is 1. The molecule has 0 spiro atoms. The number of nitrogens with one attached hydrogen (secondary N) is 1. The maximum Gasteiger partial charge on any atom is 0.418 e. The first-order valence-electron chi connectivity index (χ1n) is 4.69. The summed E-state index contributed by atoms with van der Waals surface area (Å²) >= 11 is 5.78. The molecule has 1 heterocycles. The summed E-state index contributed by atoms with van der Waals surface area (Å²) in [4.78, 5) is 9.11. The molecule has 1 aromatic carbocycles. The number of para-hydroxylation sites is 1. The van der Waals surface area contributed by atoms with Crippen molar-refractivity contribution in [3.05, 3.63) is 35.4 Å². The van der Waals surface area contributed by atoms with Gasteiger partial charge in [0.05, 0.1) is 11.3 Å². The van der Waals surface area contributed by atoms with Gasteiger partial charge in [-0.15, -0.1) is 0 Å². The molecule has 1 aromatic rings. The van der Waals surface area contributed by atoms with Crippen molar-refractivity contribution in [2.75, 3.05) is 5.32 Å². The van der Waals surface area contributed by atoms with Crippen molar-refractivity contribution in [2.24, 2.45) is 0 Å². The van der Waals surface area contributed by atoms with E-state index in [0.29, 0.717) is 11.8 Å². The van der Waals surface area contributed by atoms with E-state index in [4.69, 9.17) is 11.6 Å². The van der Waals surface area contributed by atoms with Gasteiger partial charge >= 0.3 is 6.18 Å². The van der Waals surface area contributed by atoms with E-state index < -0.39 is 16.7 Å². The first kappa shape index (κ1) is 12.0. The first-order valence-corrected chi connectivity index (χ1v) is 5.06. The molecule has 0 radical (unpaired) electrons. The zero-order chi connectivity index (χ0) is 12.7. The largest absolute Gasteiger partial charge is 0.418 e. The molecule has 0 aliphatic carbocycles. The maximum atomic E-state index is 12.7. The van der Waals surface area contributed by atoms with E-state index in [1.807, 2.05) is 0 Å². The number of alkyl halides is 4. The highest BCUT2D eigenvalue weighted by atomic mass is 35.5. The van der Waals surface area contributed by atoms with Crippen LogP contribution in [0.5, 0.6) is 0 Å². The Morgan fingerprint density at radius 3 is 2.65 bits per heavy atom. The zero-order valence-corrected chi connectivity index (χ0v) is 9.14. The van der Waals surface area contributed by atoms with Crippen LogP contribution in [0, 0.1) is 0 Å². The van der Waals surface area contributed by atoms with Crippen LogP contribution in [-0.4, -0.2) is 11.3 Å². The van der Waals surface area contributed by atoms with E-state index in [1.54, 1.807) is 0 Å². The number of rotatable bonds is 1. The molecule has 0 saturated carbocycles. The Morgan fingerprint density at radius 1 is 1.35 bits per heavy atom. The van der Waals surface area contributed by atoms with Gasteiger partial charge in [-0.2, -0.15) is 13.2 Å². The lowest BCUT2D eigenvalue weighted by Gasteiger charge is -2.27. The summed E-state index contributed by atoms with van der Waals surface area (Å²) in [6, 6.07) is 3.75. The normalized spacial score (nSPS) is 22.8. The minimum absolute atomic E-state index is 0.176. The van der Waals surface area contributed by atoms with Gasteiger partial charge in [0.15, 0.2) is 11.3 Å². The highest BCUT2D eigenvalue weighted by Crippen LogP contribution is 2.40. The summed E-state index contributed by atoms with van der Waals surface area (Å²) in [7, 11) is 0. The van der Waals surface area contributed by atoms with Crippen LogP contribution in [0.1, 0.15) is 11.1 Å². The summed E-state index contributed by atoms with van der Waals surface area (Å²) < 4.78 is 38.2. The molecule has 0 saturated heterocycles. The van der Waals surface area contributed by atoms with Crippen LogP contribution in [0.15, 0.2) is 24.3 Å². The molecule has 0 amide bonds. The van der Waals surface area contributed by atoms with Crippen molar-refractivity contribution < 1.29 is 18.0 Å². The van der Waals surface area contributed by atoms with Crippen LogP contribution in [0.2, 0.25) is 0 Å².